The van der Waals surface area contributed by atoms with E-state index in [1.54, 1.807) is 18.2 Å². The van der Waals surface area contributed by atoms with Gasteiger partial charge in [-0.25, -0.2) is 13.1 Å². The summed E-state index contributed by atoms with van der Waals surface area (Å²) in [5.74, 6) is -0.518. The second-order valence-corrected chi connectivity index (χ2v) is 8.15. The van der Waals surface area contributed by atoms with Crippen molar-refractivity contribution in [2.24, 2.45) is 5.92 Å². The van der Waals surface area contributed by atoms with Crippen LogP contribution in [0.3, 0.4) is 0 Å². The van der Waals surface area contributed by atoms with E-state index in [1.807, 2.05) is 19.9 Å². The van der Waals surface area contributed by atoms with Gasteiger partial charge in [-0.2, -0.15) is 0 Å². The van der Waals surface area contributed by atoms with E-state index in [9.17, 15) is 18.0 Å². The van der Waals surface area contributed by atoms with E-state index in [-0.39, 0.29) is 29.2 Å². The number of hydrogen-bond acceptors (Lipinski definition) is 4. The molecule has 2 aromatic rings. The predicted octanol–water partition coefficient (Wildman–Crippen LogP) is 2.12. The van der Waals surface area contributed by atoms with Crippen LogP contribution in [-0.4, -0.2) is 27.3 Å². The average molecular weight is 389 g/mol. The van der Waals surface area contributed by atoms with Gasteiger partial charge in [0, 0.05) is 23.7 Å². The summed E-state index contributed by atoms with van der Waals surface area (Å²) < 4.78 is 25.6. The first-order chi connectivity index (χ1) is 12.7. The van der Waals surface area contributed by atoms with Crippen molar-refractivity contribution in [1.82, 2.24) is 10.0 Å². The molecule has 3 N–H and O–H groups in total. The molecule has 0 aromatic heterocycles. The van der Waals surface area contributed by atoms with E-state index in [2.05, 4.69) is 15.4 Å². The van der Waals surface area contributed by atoms with Crippen LogP contribution >= 0.6 is 0 Å². The number of anilines is 1. The minimum Gasteiger partial charge on any atom is -0.348 e. The van der Waals surface area contributed by atoms with Crippen molar-refractivity contribution in [2.75, 3.05) is 12.4 Å². The molecule has 0 aliphatic heterocycles. The van der Waals surface area contributed by atoms with Gasteiger partial charge in [0.2, 0.25) is 15.9 Å². The number of nitrogens with one attached hydrogen (secondary N) is 3. The van der Waals surface area contributed by atoms with Crippen molar-refractivity contribution in [3.8, 4) is 0 Å². The summed E-state index contributed by atoms with van der Waals surface area (Å²) in [5, 5.41) is 5.59. The summed E-state index contributed by atoms with van der Waals surface area (Å²) in [5.41, 5.74) is 1.86. The molecule has 0 heterocycles. The van der Waals surface area contributed by atoms with Crippen LogP contribution < -0.4 is 15.4 Å². The average Bonchev–Trinajstić information content (AvgIpc) is 2.66. The van der Waals surface area contributed by atoms with E-state index < -0.39 is 10.0 Å². The van der Waals surface area contributed by atoms with Crippen LogP contribution in [-0.2, 0) is 21.4 Å². The molecule has 0 radical (unpaired) electrons. The Morgan fingerprint density at radius 2 is 1.70 bits per heavy atom. The van der Waals surface area contributed by atoms with Crippen LogP contribution in [0, 0.1) is 5.92 Å². The molecule has 0 fully saturated rings. The van der Waals surface area contributed by atoms with Gasteiger partial charge < -0.3 is 10.6 Å². The fourth-order valence-electron chi connectivity index (χ4n) is 2.23. The molecule has 0 atom stereocenters. The zero-order valence-electron chi connectivity index (χ0n) is 15.4. The number of carbonyl (C=O) groups excluding carboxylic acids is 2. The fraction of sp³-hybridized carbons (Fsp3) is 0.263. The lowest BCUT2D eigenvalue weighted by atomic mass is 10.1. The van der Waals surface area contributed by atoms with Crippen LogP contribution in [0.25, 0.3) is 0 Å². The number of hydrogen-bond donors (Lipinski definition) is 3. The lowest BCUT2D eigenvalue weighted by molar-refractivity contribution is -0.118. The molecule has 8 heteroatoms. The van der Waals surface area contributed by atoms with Gasteiger partial charge in [-0.3, -0.25) is 9.59 Å². The number of rotatable bonds is 7. The lowest BCUT2D eigenvalue weighted by Crippen LogP contribution is -2.23. The zero-order chi connectivity index (χ0) is 20.0. The van der Waals surface area contributed by atoms with Crippen molar-refractivity contribution in [3.63, 3.8) is 0 Å². The largest absolute Gasteiger partial charge is 0.348 e. The normalized spacial score (nSPS) is 11.3. The van der Waals surface area contributed by atoms with Crippen LogP contribution in [0.5, 0.6) is 0 Å². The molecule has 2 aromatic carbocycles. The maximum atomic E-state index is 12.3. The summed E-state index contributed by atoms with van der Waals surface area (Å²) >= 11 is 0. The Labute approximate surface area is 159 Å². The molecule has 2 rings (SSSR count). The van der Waals surface area contributed by atoms with E-state index in [0.29, 0.717) is 11.3 Å². The van der Waals surface area contributed by atoms with Crippen molar-refractivity contribution in [3.05, 3.63) is 59.7 Å². The highest BCUT2D eigenvalue weighted by molar-refractivity contribution is 7.89. The van der Waals surface area contributed by atoms with Gasteiger partial charge in [0.25, 0.3) is 5.91 Å². The minimum absolute atomic E-state index is 0.0761. The first kappa shape index (κ1) is 20.6. The van der Waals surface area contributed by atoms with Gasteiger partial charge >= 0.3 is 0 Å². The first-order valence-corrected chi connectivity index (χ1v) is 9.93. The highest BCUT2D eigenvalue weighted by atomic mass is 32.2. The Kier molecular flexibility index (Phi) is 6.70. The molecule has 0 aliphatic rings. The molecule has 144 valence electrons. The summed E-state index contributed by atoms with van der Waals surface area (Å²) in [7, 11) is -2.21. The van der Waals surface area contributed by atoms with Crippen molar-refractivity contribution in [1.29, 1.82) is 0 Å². The number of carbonyl (C=O) groups is 2. The Morgan fingerprint density at radius 3 is 2.30 bits per heavy atom. The molecular formula is C19H23N3O4S. The third-order valence-electron chi connectivity index (χ3n) is 3.87. The number of amides is 2. The fourth-order valence-corrected chi connectivity index (χ4v) is 2.96. The van der Waals surface area contributed by atoms with Gasteiger partial charge in [0.15, 0.2) is 0 Å². The summed E-state index contributed by atoms with van der Waals surface area (Å²) in [6.45, 7) is 3.90. The zero-order valence-corrected chi connectivity index (χ0v) is 16.3. The summed E-state index contributed by atoms with van der Waals surface area (Å²) in [4.78, 5) is 24.1. The van der Waals surface area contributed by atoms with E-state index in [0.717, 1.165) is 5.56 Å². The van der Waals surface area contributed by atoms with Crippen molar-refractivity contribution >= 4 is 27.5 Å². The van der Waals surface area contributed by atoms with Gasteiger partial charge in [-0.05, 0) is 49.0 Å². The predicted molar refractivity (Wildman–Crippen MR) is 104 cm³/mol. The monoisotopic (exact) mass is 389 g/mol. The van der Waals surface area contributed by atoms with Gasteiger partial charge in [0.1, 0.15) is 0 Å². The molecular weight excluding hydrogens is 366 g/mol. The second-order valence-electron chi connectivity index (χ2n) is 6.26. The van der Waals surface area contributed by atoms with Gasteiger partial charge in [-0.15, -0.1) is 0 Å². The van der Waals surface area contributed by atoms with Crippen LogP contribution in [0.4, 0.5) is 5.69 Å². The van der Waals surface area contributed by atoms with Crippen LogP contribution in [0.1, 0.15) is 29.8 Å². The van der Waals surface area contributed by atoms with Crippen molar-refractivity contribution in [2.45, 2.75) is 25.3 Å². The quantitative estimate of drug-likeness (QED) is 0.675. The maximum absolute atomic E-state index is 12.3. The second kappa shape index (κ2) is 8.79. The molecule has 0 saturated heterocycles. The Hall–Kier alpha value is -2.71. The molecule has 27 heavy (non-hydrogen) atoms. The maximum Gasteiger partial charge on any atom is 0.251 e. The number of sulfonamides is 1. The van der Waals surface area contributed by atoms with E-state index in [1.165, 1.54) is 31.3 Å². The van der Waals surface area contributed by atoms with Gasteiger partial charge in [0.05, 0.1) is 4.90 Å². The Bertz CT molecular complexity index is 922. The van der Waals surface area contributed by atoms with Crippen LogP contribution in [0.2, 0.25) is 0 Å². The molecule has 0 spiro atoms. The van der Waals surface area contributed by atoms with E-state index in [4.69, 9.17) is 0 Å². The molecule has 0 aliphatic carbocycles. The molecule has 2 amide bonds. The van der Waals surface area contributed by atoms with Crippen LogP contribution in [0.15, 0.2) is 53.4 Å². The molecule has 0 bridgehead atoms. The van der Waals surface area contributed by atoms with Crippen molar-refractivity contribution < 1.29 is 18.0 Å². The Balaban J connectivity index is 2.00. The standard InChI is InChI=1S/C19H23N3O4S/c1-13(2)18(23)22-16-6-4-5-14(11-16)12-21-19(24)15-7-9-17(10-8-15)27(25,26)20-3/h4-11,13,20H,12H2,1-3H3,(H,21,24)(H,22,23). The highest BCUT2D eigenvalue weighted by Gasteiger charge is 2.13. The molecule has 7 nitrogen and oxygen atoms in total. The third kappa shape index (κ3) is 5.63. The summed E-state index contributed by atoms with van der Waals surface area (Å²) in [6, 6.07) is 12.9. The van der Waals surface area contributed by atoms with E-state index >= 15 is 0 Å². The first-order valence-electron chi connectivity index (χ1n) is 8.44. The SMILES string of the molecule is CNS(=O)(=O)c1ccc(C(=O)NCc2cccc(NC(=O)C(C)C)c2)cc1. The van der Waals surface area contributed by atoms with Gasteiger partial charge in [-0.1, -0.05) is 26.0 Å². The number of benzene rings is 2. The lowest BCUT2D eigenvalue weighted by Gasteiger charge is -2.10. The minimum atomic E-state index is -3.53. The summed E-state index contributed by atoms with van der Waals surface area (Å²) in [6.07, 6.45) is 0. The topological polar surface area (TPSA) is 104 Å². The smallest absolute Gasteiger partial charge is 0.251 e. The molecule has 0 unspecified atom stereocenters. The Morgan fingerprint density at radius 1 is 1.04 bits per heavy atom. The highest BCUT2D eigenvalue weighted by Crippen LogP contribution is 2.13. The third-order valence-corrected chi connectivity index (χ3v) is 5.30. The molecule has 0 saturated carbocycles.